The fraction of sp³-hybridized carbons (Fsp3) is 0.846. The lowest BCUT2D eigenvalue weighted by Crippen LogP contribution is -2.42. The van der Waals surface area contributed by atoms with E-state index in [-0.39, 0.29) is 29.8 Å². The van der Waals surface area contributed by atoms with E-state index in [1.165, 1.54) is 0 Å². The summed E-state index contributed by atoms with van der Waals surface area (Å²) in [5, 5.41) is 3.04. The van der Waals surface area contributed by atoms with Gasteiger partial charge in [-0.05, 0) is 26.9 Å². The summed E-state index contributed by atoms with van der Waals surface area (Å²) in [4.78, 5) is 25.6. The predicted molar refractivity (Wildman–Crippen MR) is 69.3 cm³/mol. The second-order valence-corrected chi connectivity index (χ2v) is 5.00. The molecule has 1 amide bonds. The van der Waals surface area contributed by atoms with Gasteiger partial charge in [0.1, 0.15) is 0 Å². The number of likely N-dealkylation sites (tertiary alicyclic amines) is 1. The lowest BCUT2D eigenvalue weighted by Gasteiger charge is -2.25. The Balaban J connectivity index is 2.67. The van der Waals surface area contributed by atoms with Crippen molar-refractivity contribution in [3.8, 4) is 0 Å². The van der Waals surface area contributed by atoms with Crippen LogP contribution in [0.25, 0.3) is 0 Å². The van der Waals surface area contributed by atoms with Crippen molar-refractivity contribution in [2.24, 2.45) is 5.92 Å². The third-order valence-electron chi connectivity index (χ3n) is 3.60. The Hall–Kier alpha value is -0.940. The van der Waals surface area contributed by atoms with E-state index in [9.17, 15) is 9.59 Å². The number of nitrogens with zero attached hydrogens (tertiary/aromatic N) is 1. The predicted octanol–water partition coefficient (Wildman–Crippen LogP) is 0.437. The Morgan fingerprint density at radius 3 is 2.67 bits per heavy atom. The van der Waals surface area contributed by atoms with Gasteiger partial charge in [0, 0.05) is 26.0 Å². The first-order chi connectivity index (χ1) is 8.51. The van der Waals surface area contributed by atoms with Crippen LogP contribution in [0.5, 0.6) is 0 Å². The highest BCUT2D eigenvalue weighted by molar-refractivity contribution is 5.89. The maximum atomic E-state index is 12.3. The molecule has 0 aromatic rings. The molecule has 18 heavy (non-hydrogen) atoms. The summed E-state index contributed by atoms with van der Waals surface area (Å²) >= 11 is 0. The minimum atomic E-state index is -0.306. The third-order valence-corrected chi connectivity index (χ3v) is 3.60. The number of amides is 1. The molecule has 1 heterocycles. The van der Waals surface area contributed by atoms with Gasteiger partial charge in [-0.3, -0.25) is 9.59 Å². The molecule has 1 rings (SSSR count). The van der Waals surface area contributed by atoms with E-state index >= 15 is 0 Å². The van der Waals surface area contributed by atoms with Crippen molar-refractivity contribution >= 4 is 11.7 Å². The molecule has 0 radical (unpaired) electrons. The molecule has 5 nitrogen and oxygen atoms in total. The second-order valence-electron chi connectivity index (χ2n) is 5.00. The van der Waals surface area contributed by atoms with Crippen LogP contribution < -0.4 is 5.32 Å². The SMILES string of the molecule is CNCCC(C)C(=O)N1C[C@@H](OC)CC1C(C)=O. The van der Waals surface area contributed by atoms with E-state index in [2.05, 4.69) is 5.32 Å². The van der Waals surface area contributed by atoms with E-state index in [0.29, 0.717) is 13.0 Å². The molecule has 0 aromatic heterocycles. The molecule has 104 valence electrons. The summed E-state index contributed by atoms with van der Waals surface area (Å²) in [7, 11) is 3.49. The lowest BCUT2D eigenvalue weighted by molar-refractivity contribution is -0.140. The van der Waals surface area contributed by atoms with Crippen LogP contribution in [-0.2, 0) is 14.3 Å². The van der Waals surface area contributed by atoms with Crippen molar-refractivity contribution in [3.05, 3.63) is 0 Å². The average Bonchev–Trinajstić information content (AvgIpc) is 2.79. The van der Waals surface area contributed by atoms with Gasteiger partial charge in [-0.2, -0.15) is 0 Å². The molecule has 2 unspecified atom stereocenters. The van der Waals surface area contributed by atoms with Gasteiger partial charge in [-0.15, -0.1) is 0 Å². The van der Waals surface area contributed by atoms with Gasteiger partial charge in [0.2, 0.25) is 5.91 Å². The standard InChI is InChI=1S/C13H24N2O3/c1-9(5-6-14-3)13(17)15-8-11(18-4)7-12(15)10(2)16/h9,11-12,14H,5-8H2,1-4H3/t9?,11-,12?/m0/s1. The molecule has 0 aliphatic carbocycles. The van der Waals surface area contributed by atoms with Crippen molar-refractivity contribution in [1.82, 2.24) is 10.2 Å². The molecule has 1 aliphatic heterocycles. The first-order valence-electron chi connectivity index (χ1n) is 6.49. The summed E-state index contributed by atoms with van der Waals surface area (Å²) in [6, 6.07) is -0.306. The van der Waals surface area contributed by atoms with Crippen LogP contribution in [0.2, 0.25) is 0 Å². The Kier molecular flexibility index (Phi) is 5.75. The van der Waals surface area contributed by atoms with Gasteiger partial charge in [0.05, 0.1) is 12.1 Å². The third kappa shape index (κ3) is 3.53. The van der Waals surface area contributed by atoms with Crippen molar-refractivity contribution in [2.45, 2.75) is 38.8 Å². The maximum Gasteiger partial charge on any atom is 0.226 e. The summed E-state index contributed by atoms with van der Waals surface area (Å²) in [6.07, 6.45) is 1.39. The van der Waals surface area contributed by atoms with Crippen LogP contribution in [0.3, 0.4) is 0 Å². The number of ketones is 1. The van der Waals surface area contributed by atoms with Gasteiger partial charge in [0.15, 0.2) is 5.78 Å². The monoisotopic (exact) mass is 256 g/mol. The van der Waals surface area contributed by atoms with Crippen LogP contribution in [0.15, 0.2) is 0 Å². The summed E-state index contributed by atoms with van der Waals surface area (Å²) < 4.78 is 5.27. The molecule has 0 bridgehead atoms. The van der Waals surface area contributed by atoms with Crippen molar-refractivity contribution in [2.75, 3.05) is 27.2 Å². The molecule has 1 saturated heterocycles. The number of nitrogens with one attached hydrogen (secondary N) is 1. The van der Waals surface area contributed by atoms with Gasteiger partial charge in [-0.25, -0.2) is 0 Å². The Morgan fingerprint density at radius 1 is 1.50 bits per heavy atom. The second kappa shape index (κ2) is 6.85. The number of methoxy groups -OCH3 is 1. The number of rotatable bonds is 6. The molecular formula is C13H24N2O3. The lowest BCUT2D eigenvalue weighted by atomic mass is 10.0. The van der Waals surface area contributed by atoms with E-state index in [1.54, 1.807) is 18.9 Å². The first-order valence-corrected chi connectivity index (χ1v) is 6.49. The molecule has 1 N–H and O–H groups in total. The van der Waals surface area contributed by atoms with Crippen LogP contribution in [0.4, 0.5) is 0 Å². The zero-order valence-corrected chi connectivity index (χ0v) is 11.7. The number of Topliss-reactive ketones (excluding diaryl/α,β-unsaturated/α-hetero) is 1. The highest BCUT2D eigenvalue weighted by Crippen LogP contribution is 2.23. The normalized spacial score (nSPS) is 25.2. The van der Waals surface area contributed by atoms with Gasteiger partial charge >= 0.3 is 0 Å². The maximum absolute atomic E-state index is 12.3. The van der Waals surface area contributed by atoms with Crippen LogP contribution >= 0.6 is 0 Å². The number of carbonyl (C=O) groups is 2. The van der Waals surface area contributed by atoms with Crippen LogP contribution in [0, 0.1) is 5.92 Å². The molecular weight excluding hydrogens is 232 g/mol. The Morgan fingerprint density at radius 2 is 2.17 bits per heavy atom. The fourth-order valence-corrected chi connectivity index (χ4v) is 2.36. The summed E-state index contributed by atoms with van der Waals surface area (Å²) in [5.41, 5.74) is 0. The molecule has 0 spiro atoms. The van der Waals surface area contributed by atoms with Gasteiger partial charge in [0.25, 0.3) is 0 Å². The Labute approximate surface area is 109 Å². The molecule has 1 aliphatic rings. The summed E-state index contributed by atoms with van der Waals surface area (Å²) in [5.74, 6) is 0.0450. The van der Waals surface area contributed by atoms with Gasteiger partial charge in [-0.1, -0.05) is 6.92 Å². The molecule has 1 fully saturated rings. The molecule has 3 atom stereocenters. The Bertz CT molecular complexity index is 307. The number of carbonyl (C=O) groups excluding carboxylic acids is 2. The van der Waals surface area contributed by atoms with E-state index in [1.807, 2.05) is 14.0 Å². The minimum absolute atomic E-state index is 0.0145. The highest BCUT2D eigenvalue weighted by Gasteiger charge is 2.39. The summed E-state index contributed by atoms with van der Waals surface area (Å²) in [6.45, 7) is 4.79. The number of hydrogen-bond donors (Lipinski definition) is 1. The first kappa shape index (κ1) is 15.1. The van der Waals surface area contributed by atoms with Gasteiger partial charge < -0.3 is 15.0 Å². The van der Waals surface area contributed by atoms with Crippen LogP contribution in [0.1, 0.15) is 26.7 Å². The quantitative estimate of drug-likeness (QED) is 0.749. The number of ether oxygens (including phenoxy) is 1. The molecule has 5 heteroatoms. The topological polar surface area (TPSA) is 58.6 Å². The van der Waals surface area contributed by atoms with Crippen molar-refractivity contribution < 1.29 is 14.3 Å². The van der Waals surface area contributed by atoms with E-state index < -0.39 is 0 Å². The molecule has 0 saturated carbocycles. The zero-order valence-electron chi connectivity index (χ0n) is 11.7. The average molecular weight is 256 g/mol. The zero-order chi connectivity index (χ0) is 13.7. The fourth-order valence-electron chi connectivity index (χ4n) is 2.36. The van der Waals surface area contributed by atoms with Crippen LogP contribution in [-0.4, -0.2) is 56.0 Å². The van der Waals surface area contributed by atoms with E-state index in [4.69, 9.17) is 4.74 Å². The van der Waals surface area contributed by atoms with Crippen molar-refractivity contribution in [3.63, 3.8) is 0 Å². The smallest absolute Gasteiger partial charge is 0.226 e. The van der Waals surface area contributed by atoms with E-state index in [0.717, 1.165) is 13.0 Å². The van der Waals surface area contributed by atoms with Crippen molar-refractivity contribution in [1.29, 1.82) is 0 Å². The largest absolute Gasteiger partial charge is 0.380 e. The number of hydrogen-bond acceptors (Lipinski definition) is 4. The highest BCUT2D eigenvalue weighted by atomic mass is 16.5. The molecule has 0 aromatic carbocycles. The minimum Gasteiger partial charge on any atom is -0.380 e.